The van der Waals surface area contributed by atoms with E-state index in [9.17, 15) is 32.9 Å². The van der Waals surface area contributed by atoms with Crippen molar-refractivity contribution in [1.82, 2.24) is 15.2 Å². The minimum Gasteiger partial charge on any atom is -0.298 e. The fourth-order valence-electron chi connectivity index (χ4n) is 2.72. The molecule has 1 N–H and O–H groups in total. The maximum absolute atomic E-state index is 12.8. The number of hydrogen-bond acceptors (Lipinski definition) is 7. The number of nitrogens with zero attached hydrogens (tertiary/aromatic N) is 3. The summed E-state index contributed by atoms with van der Waals surface area (Å²) in [5.74, 6) is -1.51. The highest BCUT2D eigenvalue weighted by molar-refractivity contribution is 7.99. The quantitative estimate of drug-likeness (QED) is 0.162. The highest BCUT2D eigenvalue weighted by atomic mass is 32.2. The standard InChI is InChI=1S/C20H13F3N4O4S2/c1-2-7-26-18(29)14(17(28)25-19(26)32)9-11-8-13(27(30)31)4-5-15(11)33-16-6-3-12(10-24-16)20(21,22)23/h2-6,8-10H,1,7H2,(H,25,28,32)/b14-9+. The Morgan fingerprint density at radius 2 is 2.00 bits per heavy atom. The van der Waals surface area contributed by atoms with E-state index in [2.05, 4.69) is 16.9 Å². The fourth-order valence-corrected chi connectivity index (χ4v) is 3.81. The van der Waals surface area contributed by atoms with E-state index in [-0.39, 0.29) is 33.5 Å². The van der Waals surface area contributed by atoms with Crippen LogP contribution in [-0.4, -0.2) is 38.3 Å². The van der Waals surface area contributed by atoms with E-state index in [1.54, 1.807) is 0 Å². The predicted octanol–water partition coefficient (Wildman–Crippen LogP) is 3.97. The highest BCUT2D eigenvalue weighted by Crippen LogP contribution is 2.35. The lowest BCUT2D eigenvalue weighted by molar-refractivity contribution is -0.384. The average molecular weight is 494 g/mol. The molecule has 170 valence electrons. The Morgan fingerprint density at radius 3 is 2.58 bits per heavy atom. The number of hydrogen-bond donors (Lipinski definition) is 1. The molecule has 0 bridgehead atoms. The van der Waals surface area contributed by atoms with Crippen LogP contribution in [0.15, 0.2) is 64.7 Å². The minimum atomic E-state index is -4.55. The van der Waals surface area contributed by atoms with E-state index in [0.717, 1.165) is 40.9 Å². The zero-order chi connectivity index (χ0) is 24.3. The van der Waals surface area contributed by atoms with E-state index < -0.39 is 28.5 Å². The SMILES string of the molecule is C=CCN1C(=O)/C(=C/c2cc([N+](=O)[O-])ccc2Sc2ccc(C(F)(F)F)cn2)C(=O)NC1=S. The second-order valence-corrected chi connectivity index (χ2v) is 7.93. The molecule has 0 radical (unpaired) electrons. The monoisotopic (exact) mass is 494 g/mol. The number of rotatable bonds is 6. The molecule has 13 heteroatoms. The Balaban J connectivity index is 2.03. The third kappa shape index (κ3) is 5.43. The Kier molecular flexibility index (Phi) is 6.93. The largest absolute Gasteiger partial charge is 0.417 e. The zero-order valence-electron chi connectivity index (χ0n) is 16.5. The van der Waals surface area contributed by atoms with Crippen molar-refractivity contribution in [1.29, 1.82) is 0 Å². The number of benzene rings is 1. The molecule has 1 saturated heterocycles. The summed E-state index contributed by atoms with van der Waals surface area (Å²) < 4.78 is 38.3. The number of non-ortho nitro benzene ring substituents is 1. The van der Waals surface area contributed by atoms with Crippen LogP contribution in [0.1, 0.15) is 11.1 Å². The third-order valence-electron chi connectivity index (χ3n) is 4.28. The van der Waals surface area contributed by atoms with Gasteiger partial charge < -0.3 is 0 Å². The van der Waals surface area contributed by atoms with Gasteiger partial charge >= 0.3 is 6.18 Å². The predicted molar refractivity (Wildman–Crippen MR) is 117 cm³/mol. The van der Waals surface area contributed by atoms with Crippen LogP contribution in [-0.2, 0) is 15.8 Å². The number of amides is 2. The van der Waals surface area contributed by atoms with Crippen LogP contribution < -0.4 is 5.32 Å². The first kappa shape index (κ1) is 24.1. The van der Waals surface area contributed by atoms with Gasteiger partial charge in [0, 0.05) is 29.8 Å². The maximum atomic E-state index is 12.8. The van der Waals surface area contributed by atoms with Gasteiger partial charge in [0.05, 0.1) is 10.5 Å². The second-order valence-electron chi connectivity index (χ2n) is 6.49. The van der Waals surface area contributed by atoms with Crippen molar-refractivity contribution in [3.05, 3.63) is 76.0 Å². The van der Waals surface area contributed by atoms with E-state index in [4.69, 9.17) is 12.2 Å². The summed E-state index contributed by atoms with van der Waals surface area (Å²) in [4.78, 5) is 40.9. The molecule has 1 aromatic carbocycles. The Labute approximate surface area is 194 Å². The summed E-state index contributed by atoms with van der Waals surface area (Å²) in [6, 6.07) is 5.69. The van der Waals surface area contributed by atoms with Gasteiger partial charge in [0.15, 0.2) is 5.11 Å². The van der Waals surface area contributed by atoms with Crippen LogP contribution in [0.3, 0.4) is 0 Å². The van der Waals surface area contributed by atoms with E-state index in [1.165, 1.54) is 18.2 Å². The molecule has 1 aromatic heterocycles. The number of carbonyl (C=O) groups excluding carboxylic acids is 2. The lowest BCUT2D eigenvalue weighted by Crippen LogP contribution is -2.53. The molecule has 3 rings (SSSR count). The summed E-state index contributed by atoms with van der Waals surface area (Å²) in [6.45, 7) is 3.55. The smallest absolute Gasteiger partial charge is 0.298 e. The first-order valence-electron chi connectivity index (χ1n) is 9.00. The van der Waals surface area contributed by atoms with Crippen molar-refractivity contribution in [2.45, 2.75) is 16.1 Å². The van der Waals surface area contributed by atoms with Gasteiger partial charge in [0.25, 0.3) is 17.5 Å². The number of thiocarbonyl (C=S) groups is 1. The first-order valence-corrected chi connectivity index (χ1v) is 10.2. The Morgan fingerprint density at radius 1 is 1.27 bits per heavy atom. The first-order chi connectivity index (χ1) is 15.5. The molecule has 33 heavy (non-hydrogen) atoms. The molecular formula is C20H13F3N4O4S2. The van der Waals surface area contributed by atoms with Crippen LogP contribution in [0.5, 0.6) is 0 Å². The number of aromatic nitrogens is 1. The number of nitro benzene ring substituents is 1. The van der Waals surface area contributed by atoms with Crippen molar-refractivity contribution in [2.24, 2.45) is 0 Å². The van der Waals surface area contributed by atoms with Gasteiger partial charge in [-0.1, -0.05) is 17.8 Å². The van der Waals surface area contributed by atoms with Crippen molar-refractivity contribution in [3.63, 3.8) is 0 Å². The van der Waals surface area contributed by atoms with Crippen LogP contribution in [0.4, 0.5) is 18.9 Å². The molecule has 8 nitrogen and oxygen atoms in total. The van der Waals surface area contributed by atoms with Gasteiger partial charge in [-0.2, -0.15) is 13.2 Å². The van der Waals surface area contributed by atoms with Crippen LogP contribution in [0.25, 0.3) is 6.08 Å². The fraction of sp³-hybridized carbons (Fsp3) is 0.100. The van der Waals surface area contributed by atoms with Gasteiger partial charge in [0.1, 0.15) is 10.6 Å². The number of carbonyl (C=O) groups is 2. The number of pyridine rings is 1. The van der Waals surface area contributed by atoms with Crippen LogP contribution >= 0.6 is 24.0 Å². The molecule has 2 amide bonds. The minimum absolute atomic E-state index is 0.0291. The lowest BCUT2D eigenvalue weighted by Gasteiger charge is -2.27. The molecule has 2 heterocycles. The average Bonchev–Trinajstić information content (AvgIpc) is 2.74. The topological polar surface area (TPSA) is 105 Å². The van der Waals surface area contributed by atoms with Crippen molar-refractivity contribution in [3.8, 4) is 0 Å². The van der Waals surface area contributed by atoms with Gasteiger partial charge in [-0.3, -0.25) is 29.9 Å². The van der Waals surface area contributed by atoms with Gasteiger partial charge in [-0.25, -0.2) is 4.98 Å². The molecular weight excluding hydrogens is 481 g/mol. The molecule has 1 fully saturated rings. The second kappa shape index (κ2) is 9.50. The van der Waals surface area contributed by atoms with E-state index in [1.807, 2.05) is 0 Å². The Hall–Kier alpha value is -3.58. The normalized spacial score (nSPS) is 15.5. The maximum Gasteiger partial charge on any atom is 0.417 e. The molecule has 1 aliphatic heterocycles. The van der Waals surface area contributed by atoms with E-state index in [0.29, 0.717) is 11.1 Å². The summed E-state index contributed by atoms with van der Waals surface area (Å²) in [7, 11) is 0. The van der Waals surface area contributed by atoms with Gasteiger partial charge in [-0.15, -0.1) is 6.58 Å². The van der Waals surface area contributed by atoms with Crippen molar-refractivity contribution >= 4 is 52.7 Å². The summed E-state index contributed by atoms with van der Waals surface area (Å²) in [5, 5.41) is 13.7. The van der Waals surface area contributed by atoms with Crippen molar-refractivity contribution in [2.75, 3.05) is 6.54 Å². The molecule has 0 spiro atoms. The third-order valence-corrected chi connectivity index (χ3v) is 5.64. The number of nitrogens with one attached hydrogen (secondary N) is 1. The molecule has 0 atom stereocenters. The van der Waals surface area contributed by atoms with Gasteiger partial charge in [-0.05, 0) is 42.1 Å². The number of nitro groups is 1. The number of halogens is 3. The number of alkyl halides is 3. The molecule has 0 saturated carbocycles. The lowest BCUT2D eigenvalue weighted by atomic mass is 10.1. The summed E-state index contributed by atoms with van der Waals surface area (Å²) in [5.41, 5.74) is -1.44. The molecule has 0 aliphatic carbocycles. The highest BCUT2D eigenvalue weighted by Gasteiger charge is 2.33. The van der Waals surface area contributed by atoms with Gasteiger partial charge in [0.2, 0.25) is 0 Å². The summed E-state index contributed by atoms with van der Waals surface area (Å²) in [6.07, 6.45) is -1.32. The zero-order valence-corrected chi connectivity index (χ0v) is 18.1. The summed E-state index contributed by atoms with van der Waals surface area (Å²) >= 11 is 5.90. The van der Waals surface area contributed by atoms with Crippen LogP contribution in [0.2, 0.25) is 0 Å². The molecule has 2 aromatic rings. The van der Waals surface area contributed by atoms with Crippen molar-refractivity contribution < 1.29 is 27.7 Å². The van der Waals surface area contributed by atoms with Crippen LogP contribution in [0, 0.1) is 10.1 Å². The Bertz CT molecular complexity index is 1200. The molecule has 1 aliphatic rings. The molecule has 0 unspecified atom stereocenters. The van der Waals surface area contributed by atoms with E-state index >= 15 is 0 Å².